The summed E-state index contributed by atoms with van der Waals surface area (Å²) in [5, 5.41) is 19.2. The van der Waals surface area contributed by atoms with Crippen LogP contribution in [0.25, 0.3) is 0 Å². The Morgan fingerprint density at radius 2 is 1.94 bits per heavy atom. The molecule has 0 aliphatic rings. The molecule has 96 valence electrons. The topological polar surface area (TPSA) is 49.7 Å². The van der Waals surface area contributed by atoms with E-state index in [4.69, 9.17) is 4.74 Å². The normalized spacial score (nSPS) is 15.6. The number of aliphatic hydroxyl groups excluding tert-OH is 1. The van der Waals surface area contributed by atoms with Crippen molar-refractivity contribution < 1.29 is 14.9 Å². The summed E-state index contributed by atoms with van der Waals surface area (Å²) in [5.74, 6) is 0. The van der Waals surface area contributed by atoms with E-state index in [0.717, 1.165) is 6.42 Å². The third-order valence-corrected chi connectivity index (χ3v) is 2.49. The monoisotopic (exact) mass is 230 g/mol. The zero-order valence-corrected chi connectivity index (χ0v) is 11.2. The van der Waals surface area contributed by atoms with Crippen molar-refractivity contribution in [1.29, 1.82) is 0 Å². The van der Waals surface area contributed by atoms with Gasteiger partial charge in [-0.25, -0.2) is 0 Å². The van der Waals surface area contributed by atoms with Gasteiger partial charge in [0.25, 0.3) is 0 Å². The van der Waals surface area contributed by atoms with E-state index in [-0.39, 0.29) is 6.10 Å². The second kappa shape index (κ2) is 7.05. The maximum absolute atomic E-state index is 9.64. The van der Waals surface area contributed by atoms with Crippen molar-refractivity contribution in [1.82, 2.24) is 0 Å². The van der Waals surface area contributed by atoms with Crippen molar-refractivity contribution in [3.63, 3.8) is 0 Å². The molecule has 1 atom stereocenters. The molecule has 0 amide bonds. The summed E-state index contributed by atoms with van der Waals surface area (Å²) in [7, 11) is 0. The molecule has 3 nitrogen and oxygen atoms in total. The summed E-state index contributed by atoms with van der Waals surface area (Å²) in [5.41, 5.74) is 0.165. The zero-order chi connectivity index (χ0) is 12.8. The van der Waals surface area contributed by atoms with Crippen molar-refractivity contribution in [3.05, 3.63) is 11.6 Å². The number of hydrogen-bond donors (Lipinski definition) is 2. The van der Waals surface area contributed by atoms with E-state index in [9.17, 15) is 10.2 Å². The zero-order valence-electron chi connectivity index (χ0n) is 11.2. The lowest BCUT2D eigenvalue weighted by Crippen LogP contribution is -2.35. The number of aliphatic hydroxyl groups is 2. The van der Waals surface area contributed by atoms with Crippen LogP contribution in [0.4, 0.5) is 0 Å². The molecule has 0 aromatic rings. The fourth-order valence-electron chi connectivity index (χ4n) is 1.20. The van der Waals surface area contributed by atoms with Crippen molar-refractivity contribution in [2.24, 2.45) is 0 Å². The molecular weight excluding hydrogens is 204 g/mol. The highest BCUT2D eigenvalue weighted by Crippen LogP contribution is 2.16. The number of rotatable bonds is 7. The molecule has 0 saturated heterocycles. The molecule has 3 heteroatoms. The van der Waals surface area contributed by atoms with Crippen LogP contribution in [0.15, 0.2) is 11.6 Å². The fourth-order valence-corrected chi connectivity index (χ4v) is 1.20. The minimum absolute atomic E-state index is 0.242. The van der Waals surface area contributed by atoms with Crippen molar-refractivity contribution >= 4 is 0 Å². The Labute approximate surface area is 99.1 Å². The van der Waals surface area contributed by atoms with Crippen LogP contribution in [0.5, 0.6) is 0 Å². The van der Waals surface area contributed by atoms with Crippen LogP contribution in [0.3, 0.4) is 0 Å². The van der Waals surface area contributed by atoms with Crippen LogP contribution in [-0.4, -0.2) is 34.6 Å². The van der Waals surface area contributed by atoms with Crippen molar-refractivity contribution in [2.45, 2.75) is 65.3 Å². The van der Waals surface area contributed by atoms with Crippen LogP contribution in [0.1, 0.15) is 47.5 Å². The van der Waals surface area contributed by atoms with E-state index in [0.29, 0.717) is 13.0 Å². The average Bonchev–Trinajstić information content (AvgIpc) is 2.11. The summed E-state index contributed by atoms with van der Waals surface area (Å²) >= 11 is 0. The molecule has 2 N–H and O–H groups in total. The summed E-state index contributed by atoms with van der Waals surface area (Å²) < 4.78 is 5.40. The van der Waals surface area contributed by atoms with Gasteiger partial charge < -0.3 is 14.9 Å². The third kappa shape index (κ3) is 7.85. The first-order valence-electron chi connectivity index (χ1n) is 5.91. The average molecular weight is 230 g/mol. The van der Waals surface area contributed by atoms with Crippen molar-refractivity contribution in [2.75, 3.05) is 6.61 Å². The van der Waals surface area contributed by atoms with Gasteiger partial charge in [0.05, 0.1) is 24.4 Å². The molecule has 0 aromatic heterocycles. The van der Waals surface area contributed by atoms with Gasteiger partial charge in [-0.2, -0.15) is 0 Å². The summed E-state index contributed by atoms with van der Waals surface area (Å²) in [6.45, 7) is 9.88. The Kier molecular flexibility index (Phi) is 6.88. The number of allylic oxidation sites excluding steroid dienone is 1. The van der Waals surface area contributed by atoms with Gasteiger partial charge >= 0.3 is 0 Å². The lowest BCUT2D eigenvalue weighted by molar-refractivity contribution is -0.0509. The molecule has 0 radical (unpaired) electrons. The molecule has 0 spiro atoms. The molecule has 0 bridgehead atoms. The fraction of sp³-hybridized carbons (Fsp3) is 0.846. The molecular formula is C13H26O3. The second-order valence-corrected chi connectivity index (χ2v) is 5.14. The van der Waals surface area contributed by atoms with Crippen LogP contribution < -0.4 is 0 Å². The smallest absolute Gasteiger partial charge is 0.0849 e. The van der Waals surface area contributed by atoms with E-state index in [1.54, 1.807) is 13.8 Å². The maximum atomic E-state index is 9.64. The number of hydrogen-bond acceptors (Lipinski definition) is 3. The standard InChI is InChI=1S/C13H26O3/c1-10(2)16-9-8-11(3)6-7-12(14)13(4,5)15/h8,10,12,14-15H,6-7,9H2,1-5H3/b11-8+. The molecule has 0 aromatic carbocycles. The van der Waals surface area contributed by atoms with E-state index < -0.39 is 11.7 Å². The highest BCUT2D eigenvalue weighted by molar-refractivity contribution is 4.99. The van der Waals surface area contributed by atoms with E-state index in [1.807, 2.05) is 26.8 Å². The predicted octanol–water partition coefficient (Wildman–Crippen LogP) is 2.27. The SMILES string of the molecule is C/C(=C\COC(C)C)CCC(O)C(C)(C)O. The van der Waals surface area contributed by atoms with Gasteiger partial charge in [-0.3, -0.25) is 0 Å². The van der Waals surface area contributed by atoms with Gasteiger partial charge in [0.2, 0.25) is 0 Å². The first-order valence-corrected chi connectivity index (χ1v) is 5.91. The van der Waals surface area contributed by atoms with Gasteiger partial charge in [-0.1, -0.05) is 11.6 Å². The Bertz CT molecular complexity index is 214. The molecule has 0 aliphatic heterocycles. The number of ether oxygens (including phenoxy) is 1. The Morgan fingerprint density at radius 3 is 2.38 bits per heavy atom. The minimum Gasteiger partial charge on any atom is -0.390 e. The predicted molar refractivity (Wildman–Crippen MR) is 66.4 cm³/mol. The Morgan fingerprint density at radius 1 is 1.38 bits per heavy atom. The molecule has 16 heavy (non-hydrogen) atoms. The molecule has 0 fully saturated rings. The lowest BCUT2D eigenvalue weighted by atomic mass is 9.96. The quantitative estimate of drug-likeness (QED) is 0.660. The van der Waals surface area contributed by atoms with Crippen LogP contribution >= 0.6 is 0 Å². The minimum atomic E-state index is -1.02. The Balaban J connectivity index is 3.84. The van der Waals surface area contributed by atoms with Gasteiger partial charge in [-0.05, 0) is 47.5 Å². The molecule has 0 aliphatic carbocycles. The molecule has 1 unspecified atom stereocenters. The van der Waals surface area contributed by atoms with Crippen LogP contribution in [0.2, 0.25) is 0 Å². The van der Waals surface area contributed by atoms with Crippen molar-refractivity contribution in [3.8, 4) is 0 Å². The second-order valence-electron chi connectivity index (χ2n) is 5.14. The van der Waals surface area contributed by atoms with E-state index >= 15 is 0 Å². The third-order valence-electron chi connectivity index (χ3n) is 2.49. The molecule has 0 heterocycles. The van der Waals surface area contributed by atoms with Gasteiger partial charge in [0.15, 0.2) is 0 Å². The highest BCUT2D eigenvalue weighted by Gasteiger charge is 2.23. The summed E-state index contributed by atoms with van der Waals surface area (Å²) in [4.78, 5) is 0. The first-order chi connectivity index (χ1) is 7.23. The highest BCUT2D eigenvalue weighted by atomic mass is 16.5. The van der Waals surface area contributed by atoms with Gasteiger partial charge in [-0.15, -0.1) is 0 Å². The molecule has 0 rings (SSSR count). The molecule has 0 saturated carbocycles. The summed E-state index contributed by atoms with van der Waals surface area (Å²) in [6.07, 6.45) is 2.95. The largest absolute Gasteiger partial charge is 0.390 e. The maximum Gasteiger partial charge on any atom is 0.0849 e. The lowest BCUT2D eigenvalue weighted by Gasteiger charge is -2.24. The van der Waals surface area contributed by atoms with Crippen LogP contribution in [0, 0.1) is 0 Å². The van der Waals surface area contributed by atoms with Gasteiger partial charge in [0, 0.05) is 0 Å². The first kappa shape index (κ1) is 15.6. The Hall–Kier alpha value is -0.380. The van der Waals surface area contributed by atoms with Gasteiger partial charge in [0.1, 0.15) is 0 Å². The van der Waals surface area contributed by atoms with Crippen LogP contribution in [-0.2, 0) is 4.74 Å². The van der Waals surface area contributed by atoms with E-state index in [1.165, 1.54) is 5.57 Å². The summed E-state index contributed by atoms with van der Waals surface area (Å²) in [6, 6.07) is 0. The van der Waals surface area contributed by atoms with E-state index in [2.05, 4.69) is 0 Å².